The second kappa shape index (κ2) is 6.92. The molecule has 7 heteroatoms. The van der Waals surface area contributed by atoms with Crippen LogP contribution in [0.15, 0.2) is 50.7 Å². The van der Waals surface area contributed by atoms with Crippen molar-refractivity contribution in [3.63, 3.8) is 0 Å². The minimum absolute atomic E-state index is 0.290. The lowest BCUT2D eigenvalue weighted by molar-refractivity contribution is 0.0951. The van der Waals surface area contributed by atoms with Crippen LogP contribution in [0.3, 0.4) is 0 Å². The molecule has 0 aliphatic carbocycles. The lowest BCUT2D eigenvalue weighted by Gasteiger charge is -2.07. The molecule has 0 bridgehead atoms. The molecule has 3 rings (SSSR count). The number of aromatic amines is 1. The number of carbonyl (C=O) groups excluding carboxylic acids is 1. The number of hydrazone groups is 1. The number of amides is 1. The Balaban J connectivity index is 1.70. The highest BCUT2D eigenvalue weighted by Crippen LogP contribution is 2.16. The van der Waals surface area contributed by atoms with Gasteiger partial charge < -0.3 is 14.0 Å². The average Bonchev–Trinajstić information content (AvgIpc) is 3.26. The minimum Gasteiger partial charge on any atom is -0.467 e. The maximum absolute atomic E-state index is 11.9. The van der Waals surface area contributed by atoms with Gasteiger partial charge in [0.25, 0.3) is 5.91 Å². The first-order chi connectivity index (χ1) is 11.5. The SMILES string of the molecule is Cc1cc(/C=N\NC(=O)c2cc(Br)c[nH]2)c(C)n1Cc1ccco1. The molecule has 0 spiro atoms. The van der Waals surface area contributed by atoms with Crippen LogP contribution in [0.2, 0.25) is 0 Å². The highest BCUT2D eigenvalue weighted by Gasteiger charge is 2.10. The highest BCUT2D eigenvalue weighted by molar-refractivity contribution is 9.10. The molecule has 0 aromatic carbocycles. The van der Waals surface area contributed by atoms with Gasteiger partial charge in [0, 0.05) is 27.6 Å². The van der Waals surface area contributed by atoms with Crippen molar-refractivity contribution in [3.8, 4) is 0 Å². The Bertz CT molecular complexity index is 875. The lowest BCUT2D eigenvalue weighted by Crippen LogP contribution is -2.17. The van der Waals surface area contributed by atoms with Gasteiger partial charge in [0.15, 0.2) is 0 Å². The van der Waals surface area contributed by atoms with Crippen LogP contribution in [0.25, 0.3) is 0 Å². The van der Waals surface area contributed by atoms with Gasteiger partial charge in [-0.2, -0.15) is 5.10 Å². The fourth-order valence-electron chi connectivity index (χ4n) is 2.48. The summed E-state index contributed by atoms with van der Waals surface area (Å²) in [5.74, 6) is 0.604. The molecule has 0 saturated carbocycles. The van der Waals surface area contributed by atoms with E-state index in [2.05, 4.69) is 36.0 Å². The number of aryl methyl sites for hydroxylation is 1. The van der Waals surface area contributed by atoms with E-state index in [4.69, 9.17) is 4.42 Å². The smallest absolute Gasteiger partial charge is 0.287 e. The molecule has 24 heavy (non-hydrogen) atoms. The van der Waals surface area contributed by atoms with E-state index in [1.165, 1.54) is 0 Å². The summed E-state index contributed by atoms with van der Waals surface area (Å²) in [6.07, 6.45) is 5.01. The Morgan fingerprint density at radius 1 is 1.46 bits per heavy atom. The second-order valence-electron chi connectivity index (χ2n) is 5.42. The van der Waals surface area contributed by atoms with Crippen molar-refractivity contribution < 1.29 is 9.21 Å². The molecule has 0 aliphatic rings. The molecule has 0 fully saturated rings. The molecule has 0 aliphatic heterocycles. The Labute approximate surface area is 147 Å². The molecule has 124 valence electrons. The number of carbonyl (C=O) groups is 1. The number of aromatic nitrogens is 2. The molecule has 0 unspecified atom stereocenters. The zero-order valence-corrected chi connectivity index (χ0v) is 14.9. The van der Waals surface area contributed by atoms with E-state index in [0.29, 0.717) is 12.2 Å². The van der Waals surface area contributed by atoms with Gasteiger partial charge in [-0.3, -0.25) is 4.79 Å². The third-order valence-electron chi connectivity index (χ3n) is 3.77. The van der Waals surface area contributed by atoms with Crippen LogP contribution in [0.1, 0.15) is 33.2 Å². The quantitative estimate of drug-likeness (QED) is 0.517. The zero-order chi connectivity index (χ0) is 17.1. The van der Waals surface area contributed by atoms with Crippen LogP contribution < -0.4 is 5.43 Å². The predicted molar refractivity (Wildman–Crippen MR) is 95.3 cm³/mol. The number of halogens is 1. The monoisotopic (exact) mass is 388 g/mol. The molecule has 3 heterocycles. The van der Waals surface area contributed by atoms with Crippen molar-refractivity contribution in [1.29, 1.82) is 0 Å². The third-order valence-corrected chi connectivity index (χ3v) is 4.23. The number of hydrogen-bond donors (Lipinski definition) is 2. The van der Waals surface area contributed by atoms with Crippen LogP contribution in [0.5, 0.6) is 0 Å². The van der Waals surface area contributed by atoms with Gasteiger partial charge in [-0.25, -0.2) is 5.43 Å². The fraction of sp³-hybridized carbons (Fsp3) is 0.176. The number of H-pyrrole nitrogens is 1. The summed E-state index contributed by atoms with van der Waals surface area (Å²) in [4.78, 5) is 14.8. The van der Waals surface area contributed by atoms with Crippen molar-refractivity contribution >= 4 is 28.1 Å². The fourth-order valence-corrected chi connectivity index (χ4v) is 2.82. The maximum atomic E-state index is 11.9. The largest absolute Gasteiger partial charge is 0.467 e. The Kier molecular flexibility index (Phi) is 4.71. The number of nitrogens with zero attached hydrogens (tertiary/aromatic N) is 2. The van der Waals surface area contributed by atoms with Crippen LogP contribution in [0.4, 0.5) is 0 Å². The standard InChI is InChI=1S/C17H17BrN4O2/c1-11-6-13(12(2)22(11)10-15-4-3-5-24-15)8-20-21-17(23)16-7-14(18)9-19-16/h3-9,19H,10H2,1-2H3,(H,21,23)/b20-8-. The first-order valence-corrected chi connectivity index (χ1v) is 8.20. The third kappa shape index (κ3) is 3.51. The van der Waals surface area contributed by atoms with Crippen molar-refractivity contribution in [1.82, 2.24) is 15.0 Å². The van der Waals surface area contributed by atoms with Gasteiger partial charge >= 0.3 is 0 Å². The maximum Gasteiger partial charge on any atom is 0.287 e. The van der Waals surface area contributed by atoms with E-state index in [1.54, 1.807) is 24.7 Å². The minimum atomic E-state index is -0.290. The molecule has 3 aromatic rings. The first kappa shape index (κ1) is 16.3. The molecule has 3 aromatic heterocycles. The van der Waals surface area contributed by atoms with E-state index in [0.717, 1.165) is 27.2 Å². The van der Waals surface area contributed by atoms with Gasteiger partial charge in [-0.1, -0.05) is 0 Å². The van der Waals surface area contributed by atoms with Crippen molar-refractivity contribution in [3.05, 3.63) is 69.6 Å². The summed E-state index contributed by atoms with van der Waals surface area (Å²) in [5, 5.41) is 4.04. The van der Waals surface area contributed by atoms with Gasteiger partial charge in [-0.05, 0) is 54.0 Å². The summed E-state index contributed by atoms with van der Waals surface area (Å²) in [7, 11) is 0. The topological polar surface area (TPSA) is 75.3 Å². The van der Waals surface area contributed by atoms with E-state index in [-0.39, 0.29) is 5.91 Å². The lowest BCUT2D eigenvalue weighted by atomic mass is 10.3. The summed E-state index contributed by atoms with van der Waals surface area (Å²) < 4.78 is 8.36. The Hall–Kier alpha value is -2.54. The summed E-state index contributed by atoms with van der Waals surface area (Å²) in [6.45, 7) is 4.71. The van der Waals surface area contributed by atoms with Gasteiger partial charge in [-0.15, -0.1) is 0 Å². The molecule has 1 amide bonds. The summed E-state index contributed by atoms with van der Waals surface area (Å²) in [6, 6.07) is 7.54. The van der Waals surface area contributed by atoms with Crippen molar-refractivity contribution in [2.24, 2.45) is 5.10 Å². The number of furan rings is 1. The van der Waals surface area contributed by atoms with Crippen LogP contribution in [-0.4, -0.2) is 21.7 Å². The van der Waals surface area contributed by atoms with Crippen molar-refractivity contribution in [2.45, 2.75) is 20.4 Å². The molecule has 2 N–H and O–H groups in total. The predicted octanol–water partition coefficient (Wildman–Crippen LogP) is 3.60. The highest BCUT2D eigenvalue weighted by atomic mass is 79.9. The summed E-state index contributed by atoms with van der Waals surface area (Å²) >= 11 is 3.29. The number of hydrogen-bond acceptors (Lipinski definition) is 3. The molecular weight excluding hydrogens is 372 g/mol. The van der Waals surface area contributed by atoms with E-state index in [9.17, 15) is 4.79 Å². The van der Waals surface area contributed by atoms with Gasteiger partial charge in [0.1, 0.15) is 11.5 Å². The normalized spacial score (nSPS) is 11.3. The molecule has 0 saturated heterocycles. The van der Waals surface area contributed by atoms with E-state index < -0.39 is 0 Å². The van der Waals surface area contributed by atoms with E-state index >= 15 is 0 Å². The molecule has 6 nitrogen and oxygen atoms in total. The molecular formula is C17H17BrN4O2. The Morgan fingerprint density at radius 2 is 2.29 bits per heavy atom. The van der Waals surface area contributed by atoms with Gasteiger partial charge in [0.2, 0.25) is 0 Å². The number of nitrogens with one attached hydrogen (secondary N) is 2. The first-order valence-electron chi connectivity index (χ1n) is 7.41. The number of rotatable bonds is 5. The van der Waals surface area contributed by atoms with Crippen LogP contribution in [-0.2, 0) is 6.54 Å². The average molecular weight is 389 g/mol. The van der Waals surface area contributed by atoms with E-state index in [1.807, 2.05) is 32.0 Å². The zero-order valence-electron chi connectivity index (χ0n) is 13.3. The van der Waals surface area contributed by atoms with Crippen LogP contribution in [0, 0.1) is 13.8 Å². The van der Waals surface area contributed by atoms with Gasteiger partial charge in [0.05, 0.1) is 19.0 Å². The Morgan fingerprint density at radius 3 is 2.96 bits per heavy atom. The molecule has 0 radical (unpaired) electrons. The molecule has 0 atom stereocenters. The summed E-state index contributed by atoms with van der Waals surface area (Å²) in [5.41, 5.74) is 6.07. The second-order valence-corrected chi connectivity index (χ2v) is 6.34. The van der Waals surface area contributed by atoms with Crippen molar-refractivity contribution in [2.75, 3.05) is 0 Å². The van der Waals surface area contributed by atoms with Crippen LogP contribution >= 0.6 is 15.9 Å².